The molecule has 0 bridgehead atoms. The summed E-state index contributed by atoms with van der Waals surface area (Å²) in [5.41, 5.74) is 2.99. The zero-order valence-electron chi connectivity index (χ0n) is 13.3. The van der Waals surface area contributed by atoms with Crippen molar-refractivity contribution in [3.05, 3.63) is 63.9 Å². The average molecular weight is 358 g/mol. The molecule has 0 spiro atoms. The lowest BCUT2D eigenvalue weighted by Crippen LogP contribution is -2.08. The molecule has 0 aliphatic heterocycles. The first-order valence-corrected chi connectivity index (χ1v) is 8.08. The predicted octanol–water partition coefficient (Wildman–Crippen LogP) is 4.21. The Morgan fingerprint density at radius 1 is 1.12 bits per heavy atom. The van der Waals surface area contributed by atoms with Gasteiger partial charge in [-0.05, 0) is 54.2 Å². The van der Waals surface area contributed by atoms with Gasteiger partial charge >= 0.3 is 0 Å². The minimum atomic E-state index is 0.432. The summed E-state index contributed by atoms with van der Waals surface area (Å²) in [6.07, 6.45) is 1.75. The van der Waals surface area contributed by atoms with Gasteiger partial charge in [0.05, 0.1) is 6.21 Å². The molecule has 2 aromatic carbocycles. The highest BCUT2D eigenvalue weighted by atomic mass is 35.5. The molecule has 1 heterocycles. The molecule has 7 heteroatoms. The normalized spacial score (nSPS) is 11.1. The summed E-state index contributed by atoms with van der Waals surface area (Å²) in [7, 11) is 4.01. The molecule has 0 radical (unpaired) electrons. The fourth-order valence-electron chi connectivity index (χ4n) is 2.17. The largest absolute Gasteiger partial charge is 0.378 e. The van der Waals surface area contributed by atoms with E-state index in [4.69, 9.17) is 23.8 Å². The Balaban J connectivity index is 1.91. The summed E-state index contributed by atoms with van der Waals surface area (Å²) in [5, 5.41) is 12.1. The standard InChI is InChI=1S/C17H16ClN5S/c1-22(2)15-9-3-12(4-10-15)11-19-23-16(20-21-17(23)24)13-5-7-14(18)8-6-13/h3-11H,1-2H3,(H,21,24)/b19-11+. The molecule has 3 aromatic rings. The molecule has 0 amide bonds. The lowest BCUT2D eigenvalue weighted by Gasteiger charge is -2.11. The van der Waals surface area contributed by atoms with E-state index in [0.717, 1.165) is 16.8 Å². The summed E-state index contributed by atoms with van der Waals surface area (Å²) < 4.78 is 2.03. The van der Waals surface area contributed by atoms with E-state index in [9.17, 15) is 0 Å². The number of H-pyrrole nitrogens is 1. The Morgan fingerprint density at radius 3 is 2.42 bits per heavy atom. The molecule has 122 valence electrons. The Hall–Kier alpha value is -2.44. The minimum absolute atomic E-state index is 0.432. The molecule has 5 nitrogen and oxygen atoms in total. The van der Waals surface area contributed by atoms with Crippen molar-refractivity contribution in [2.24, 2.45) is 5.10 Å². The molecule has 0 fully saturated rings. The second-order valence-corrected chi connectivity index (χ2v) is 6.22. The van der Waals surface area contributed by atoms with Gasteiger partial charge in [0.1, 0.15) is 0 Å². The Morgan fingerprint density at radius 2 is 1.79 bits per heavy atom. The molecule has 1 N–H and O–H groups in total. The van der Waals surface area contributed by atoms with Gasteiger partial charge in [0.2, 0.25) is 4.77 Å². The van der Waals surface area contributed by atoms with Crippen molar-refractivity contribution in [2.75, 3.05) is 19.0 Å². The predicted molar refractivity (Wildman–Crippen MR) is 102 cm³/mol. The summed E-state index contributed by atoms with van der Waals surface area (Å²) in [4.78, 5) is 2.05. The second kappa shape index (κ2) is 6.98. The van der Waals surface area contributed by atoms with E-state index in [1.54, 1.807) is 10.9 Å². The van der Waals surface area contributed by atoms with Gasteiger partial charge in [-0.2, -0.15) is 14.9 Å². The van der Waals surface area contributed by atoms with E-state index >= 15 is 0 Å². The van der Waals surface area contributed by atoms with Crippen LogP contribution in [0.5, 0.6) is 0 Å². The van der Waals surface area contributed by atoms with Crippen LogP contribution in [0.2, 0.25) is 5.02 Å². The number of nitrogens with zero attached hydrogens (tertiary/aromatic N) is 4. The first-order valence-electron chi connectivity index (χ1n) is 7.30. The number of halogens is 1. The number of benzene rings is 2. The first-order chi connectivity index (χ1) is 11.5. The summed E-state index contributed by atoms with van der Waals surface area (Å²) in [5.74, 6) is 0.637. The van der Waals surface area contributed by atoms with Gasteiger partial charge in [-0.1, -0.05) is 23.7 Å². The van der Waals surface area contributed by atoms with E-state index in [-0.39, 0.29) is 0 Å². The maximum absolute atomic E-state index is 5.93. The molecular weight excluding hydrogens is 342 g/mol. The van der Waals surface area contributed by atoms with Crippen LogP contribution in [0.15, 0.2) is 53.6 Å². The van der Waals surface area contributed by atoms with Gasteiger partial charge in [0.15, 0.2) is 5.82 Å². The number of hydrogen-bond acceptors (Lipinski definition) is 4. The molecule has 0 aliphatic carbocycles. The van der Waals surface area contributed by atoms with Crippen molar-refractivity contribution in [3.8, 4) is 11.4 Å². The number of rotatable bonds is 4. The van der Waals surface area contributed by atoms with Crippen LogP contribution in [-0.2, 0) is 0 Å². The van der Waals surface area contributed by atoms with Crippen molar-refractivity contribution in [1.82, 2.24) is 14.9 Å². The zero-order valence-corrected chi connectivity index (χ0v) is 14.8. The molecule has 0 unspecified atom stereocenters. The molecule has 24 heavy (non-hydrogen) atoms. The van der Waals surface area contributed by atoms with E-state index in [1.165, 1.54) is 0 Å². The number of anilines is 1. The topological polar surface area (TPSA) is 49.2 Å². The quantitative estimate of drug-likeness (QED) is 0.562. The van der Waals surface area contributed by atoms with Gasteiger partial charge in [-0.25, -0.2) is 5.10 Å². The average Bonchev–Trinajstić information content (AvgIpc) is 2.95. The lowest BCUT2D eigenvalue weighted by atomic mass is 10.2. The highest BCUT2D eigenvalue weighted by Crippen LogP contribution is 2.20. The molecular formula is C17H16ClN5S. The van der Waals surface area contributed by atoms with E-state index in [2.05, 4.69) is 15.3 Å². The van der Waals surface area contributed by atoms with E-state index in [1.807, 2.05) is 67.5 Å². The molecule has 0 aliphatic rings. The number of nitrogens with one attached hydrogen (secondary N) is 1. The maximum atomic E-state index is 5.93. The van der Waals surface area contributed by atoms with Crippen LogP contribution in [0.4, 0.5) is 5.69 Å². The van der Waals surface area contributed by atoms with Crippen LogP contribution >= 0.6 is 23.8 Å². The highest BCUT2D eigenvalue weighted by molar-refractivity contribution is 7.71. The molecule has 0 saturated heterocycles. The Kier molecular flexibility index (Phi) is 4.78. The van der Waals surface area contributed by atoms with Crippen molar-refractivity contribution < 1.29 is 0 Å². The van der Waals surface area contributed by atoms with Crippen LogP contribution in [0.1, 0.15) is 5.56 Å². The first kappa shape index (κ1) is 16.4. The minimum Gasteiger partial charge on any atom is -0.378 e. The van der Waals surface area contributed by atoms with Crippen molar-refractivity contribution in [3.63, 3.8) is 0 Å². The van der Waals surface area contributed by atoms with Gasteiger partial charge in [-0.15, -0.1) is 0 Å². The summed E-state index contributed by atoms with van der Waals surface area (Å²) in [6.45, 7) is 0. The van der Waals surface area contributed by atoms with Crippen LogP contribution in [-0.4, -0.2) is 35.2 Å². The fourth-order valence-corrected chi connectivity index (χ4v) is 2.47. The molecule has 0 atom stereocenters. The van der Waals surface area contributed by atoms with Gasteiger partial charge in [0, 0.05) is 30.4 Å². The fraction of sp³-hybridized carbons (Fsp3) is 0.118. The Bertz CT molecular complexity index is 907. The van der Waals surface area contributed by atoms with Crippen LogP contribution in [0, 0.1) is 4.77 Å². The molecule has 0 saturated carbocycles. The maximum Gasteiger partial charge on any atom is 0.216 e. The third kappa shape index (κ3) is 3.55. The van der Waals surface area contributed by atoms with Gasteiger partial charge in [-0.3, -0.25) is 0 Å². The summed E-state index contributed by atoms with van der Waals surface area (Å²) >= 11 is 11.2. The van der Waals surface area contributed by atoms with Gasteiger partial charge in [0.25, 0.3) is 0 Å². The Labute approximate surface area is 150 Å². The van der Waals surface area contributed by atoms with Crippen molar-refractivity contribution in [2.45, 2.75) is 0 Å². The molecule has 1 aromatic heterocycles. The number of aromatic nitrogens is 3. The van der Waals surface area contributed by atoms with Crippen molar-refractivity contribution in [1.29, 1.82) is 0 Å². The number of aromatic amines is 1. The second-order valence-electron chi connectivity index (χ2n) is 5.40. The van der Waals surface area contributed by atoms with Gasteiger partial charge < -0.3 is 4.90 Å². The lowest BCUT2D eigenvalue weighted by molar-refractivity contribution is 0.871. The smallest absolute Gasteiger partial charge is 0.216 e. The van der Waals surface area contributed by atoms with Crippen molar-refractivity contribution >= 4 is 35.7 Å². The van der Waals surface area contributed by atoms with E-state index < -0.39 is 0 Å². The van der Waals surface area contributed by atoms with Crippen LogP contribution < -0.4 is 4.90 Å². The molecule has 3 rings (SSSR count). The van der Waals surface area contributed by atoms with Crippen LogP contribution in [0.25, 0.3) is 11.4 Å². The third-order valence-corrected chi connectivity index (χ3v) is 4.00. The monoisotopic (exact) mass is 357 g/mol. The number of hydrogen-bond donors (Lipinski definition) is 1. The van der Waals surface area contributed by atoms with E-state index in [0.29, 0.717) is 15.6 Å². The van der Waals surface area contributed by atoms with Crippen LogP contribution in [0.3, 0.4) is 0 Å². The summed E-state index contributed by atoms with van der Waals surface area (Å²) in [6, 6.07) is 15.5. The zero-order chi connectivity index (χ0) is 17.1. The third-order valence-electron chi connectivity index (χ3n) is 3.48. The SMILES string of the molecule is CN(C)c1ccc(/C=N/n2c(-c3ccc(Cl)cc3)n[nH]c2=S)cc1. The highest BCUT2D eigenvalue weighted by Gasteiger charge is 2.07.